The summed E-state index contributed by atoms with van der Waals surface area (Å²) in [6.07, 6.45) is 2.23. The fourth-order valence-corrected chi connectivity index (χ4v) is 1.33. The second kappa shape index (κ2) is 6.12. The van der Waals surface area contributed by atoms with Crippen LogP contribution >= 0.6 is 0 Å². The number of nitrogens with zero attached hydrogens (tertiary/aromatic N) is 2. The highest BCUT2D eigenvalue weighted by Gasteiger charge is 2.21. The third-order valence-corrected chi connectivity index (χ3v) is 2.34. The van der Waals surface area contributed by atoms with Crippen molar-refractivity contribution in [1.82, 2.24) is 10.1 Å². The van der Waals surface area contributed by atoms with Gasteiger partial charge in [-0.25, -0.2) is 0 Å². The number of hydrogen-bond acceptors (Lipinski definition) is 5. The molecule has 0 radical (unpaired) electrons. The molecule has 2 N–H and O–H groups in total. The van der Waals surface area contributed by atoms with E-state index in [2.05, 4.69) is 24.0 Å². The van der Waals surface area contributed by atoms with E-state index in [1.54, 1.807) is 0 Å². The third kappa shape index (κ3) is 5.28. The maximum atomic E-state index is 5.85. The molecule has 5 heteroatoms. The maximum Gasteiger partial charge on any atom is 0.252 e. The van der Waals surface area contributed by atoms with E-state index in [0.717, 1.165) is 13.0 Å². The smallest absolute Gasteiger partial charge is 0.252 e. The number of hydrogen-bond donors (Lipinski definition) is 1. The minimum Gasteiger partial charge on any atom is -0.372 e. The van der Waals surface area contributed by atoms with Gasteiger partial charge in [0.1, 0.15) is 6.61 Å². The van der Waals surface area contributed by atoms with Crippen LogP contribution in [0.2, 0.25) is 0 Å². The molecule has 5 nitrogen and oxygen atoms in total. The van der Waals surface area contributed by atoms with Gasteiger partial charge in [0.05, 0.1) is 5.54 Å². The number of aromatic nitrogens is 2. The summed E-state index contributed by atoms with van der Waals surface area (Å²) in [4.78, 5) is 4.19. The highest BCUT2D eigenvalue weighted by atomic mass is 16.5. The molecule has 1 rings (SSSR count). The molecule has 1 aromatic heterocycles. The van der Waals surface area contributed by atoms with E-state index in [9.17, 15) is 0 Å². The van der Waals surface area contributed by atoms with Crippen LogP contribution in [0.3, 0.4) is 0 Å². The van der Waals surface area contributed by atoms with E-state index in [1.165, 1.54) is 6.42 Å². The zero-order valence-electron chi connectivity index (χ0n) is 11.2. The lowest BCUT2D eigenvalue weighted by molar-refractivity contribution is 0.0928. The minimum absolute atomic E-state index is 0.362. The van der Waals surface area contributed by atoms with Gasteiger partial charge in [-0.2, -0.15) is 4.98 Å². The first-order valence-electron chi connectivity index (χ1n) is 6.09. The number of rotatable bonds is 7. The van der Waals surface area contributed by atoms with E-state index in [0.29, 0.717) is 24.2 Å². The summed E-state index contributed by atoms with van der Waals surface area (Å²) in [6.45, 7) is 9.17. The van der Waals surface area contributed by atoms with Crippen LogP contribution in [-0.4, -0.2) is 16.7 Å². The molecule has 0 bridgehead atoms. The Hall–Kier alpha value is -0.940. The van der Waals surface area contributed by atoms with Gasteiger partial charge in [-0.15, -0.1) is 0 Å². The van der Waals surface area contributed by atoms with E-state index in [-0.39, 0.29) is 0 Å². The first-order chi connectivity index (χ1) is 7.89. The fraction of sp³-hybridized carbons (Fsp3) is 0.833. The summed E-state index contributed by atoms with van der Waals surface area (Å²) in [6, 6.07) is 0. The fourth-order valence-electron chi connectivity index (χ4n) is 1.33. The average molecular weight is 241 g/mol. The Morgan fingerprint density at radius 2 is 2.12 bits per heavy atom. The van der Waals surface area contributed by atoms with E-state index in [4.69, 9.17) is 15.0 Å². The monoisotopic (exact) mass is 241 g/mol. The van der Waals surface area contributed by atoms with Crippen molar-refractivity contribution >= 4 is 0 Å². The molecule has 0 aliphatic heterocycles. The first kappa shape index (κ1) is 14.1. The molecule has 0 fully saturated rings. The van der Waals surface area contributed by atoms with Gasteiger partial charge in [-0.1, -0.05) is 19.0 Å². The minimum atomic E-state index is -0.570. The molecule has 0 aliphatic rings. The van der Waals surface area contributed by atoms with Gasteiger partial charge >= 0.3 is 0 Å². The Morgan fingerprint density at radius 1 is 1.41 bits per heavy atom. The molecular formula is C12H23N3O2. The molecule has 0 aromatic carbocycles. The van der Waals surface area contributed by atoms with Crippen LogP contribution in [0.1, 0.15) is 52.3 Å². The van der Waals surface area contributed by atoms with Crippen LogP contribution in [0.4, 0.5) is 0 Å². The van der Waals surface area contributed by atoms with Crippen LogP contribution in [0.25, 0.3) is 0 Å². The second-order valence-corrected chi connectivity index (χ2v) is 5.32. The first-order valence-corrected chi connectivity index (χ1v) is 6.09. The maximum absolute atomic E-state index is 5.85. The standard InChI is InChI=1S/C12H23N3O2/c1-9(2)6-5-7-16-8-10-14-11(15-17-10)12(3,4)13/h9H,5-8,13H2,1-4H3. The van der Waals surface area contributed by atoms with Crippen molar-refractivity contribution in [2.75, 3.05) is 6.61 Å². The molecule has 1 heterocycles. The molecule has 1 aromatic rings. The van der Waals surface area contributed by atoms with Gasteiger partial charge in [0.15, 0.2) is 5.82 Å². The predicted molar refractivity (Wildman–Crippen MR) is 65.2 cm³/mol. The molecule has 0 saturated heterocycles. The summed E-state index contributed by atoms with van der Waals surface area (Å²) in [5.41, 5.74) is 5.28. The summed E-state index contributed by atoms with van der Waals surface area (Å²) in [7, 11) is 0. The molecule has 0 saturated carbocycles. The lowest BCUT2D eigenvalue weighted by atomic mass is 10.1. The zero-order chi connectivity index (χ0) is 12.9. The highest BCUT2D eigenvalue weighted by molar-refractivity contribution is 4.98. The Labute approximate surface area is 103 Å². The van der Waals surface area contributed by atoms with Gasteiger partial charge < -0.3 is 15.0 Å². The van der Waals surface area contributed by atoms with Crippen LogP contribution in [0.15, 0.2) is 4.52 Å². The molecule has 17 heavy (non-hydrogen) atoms. The molecule has 0 aliphatic carbocycles. The number of nitrogens with two attached hydrogens (primary N) is 1. The molecule has 0 spiro atoms. The number of ether oxygens (including phenoxy) is 1. The van der Waals surface area contributed by atoms with E-state index < -0.39 is 5.54 Å². The van der Waals surface area contributed by atoms with Crippen molar-refractivity contribution < 1.29 is 9.26 Å². The summed E-state index contributed by atoms with van der Waals surface area (Å²) < 4.78 is 10.5. The molecule has 98 valence electrons. The third-order valence-electron chi connectivity index (χ3n) is 2.34. The summed E-state index contributed by atoms with van der Waals surface area (Å²) in [5.74, 6) is 1.72. The SMILES string of the molecule is CC(C)CCCOCc1nc(C(C)(C)N)no1. The van der Waals surface area contributed by atoms with Gasteiger partial charge in [-0.05, 0) is 32.6 Å². The second-order valence-electron chi connectivity index (χ2n) is 5.32. The summed E-state index contributed by atoms with van der Waals surface area (Å²) >= 11 is 0. The molecular weight excluding hydrogens is 218 g/mol. The van der Waals surface area contributed by atoms with Crippen LogP contribution in [0, 0.1) is 5.92 Å². The Bertz CT molecular complexity index is 329. The van der Waals surface area contributed by atoms with Crippen molar-refractivity contribution in [3.05, 3.63) is 11.7 Å². The van der Waals surface area contributed by atoms with E-state index in [1.807, 2.05) is 13.8 Å². The Kier molecular flexibility index (Phi) is 5.08. The normalized spacial score (nSPS) is 12.4. The van der Waals surface area contributed by atoms with Crippen molar-refractivity contribution in [2.24, 2.45) is 11.7 Å². The van der Waals surface area contributed by atoms with Gasteiger partial charge in [0.25, 0.3) is 5.89 Å². The van der Waals surface area contributed by atoms with Gasteiger partial charge in [0.2, 0.25) is 0 Å². The molecule has 0 unspecified atom stereocenters. The van der Waals surface area contributed by atoms with Crippen LogP contribution < -0.4 is 5.73 Å². The topological polar surface area (TPSA) is 74.2 Å². The van der Waals surface area contributed by atoms with Gasteiger partial charge in [-0.3, -0.25) is 0 Å². The predicted octanol–water partition coefficient (Wildman–Crippen LogP) is 2.22. The molecule has 0 atom stereocenters. The quantitative estimate of drug-likeness (QED) is 0.741. The van der Waals surface area contributed by atoms with Crippen molar-refractivity contribution in [1.29, 1.82) is 0 Å². The lowest BCUT2D eigenvalue weighted by Gasteiger charge is -2.11. The van der Waals surface area contributed by atoms with Gasteiger partial charge in [0, 0.05) is 6.61 Å². The van der Waals surface area contributed by atoms with Crippen LogP contribution in [-0.2, 0) is 16.9 Å². The summed E-state index contributed by atoms with van der Waals surface area (Å²) in [5, 5.41) is 3.82. The van der Waals surface area contributed by atoms with Crippen molar-refractivity contribution in [3.8, 4) is 0 Å². The Morgan fingerprint density at radius 3 is 2.65 bits per heavy atom. The largest absolute Gasteiger partial charge is 0.372 e. The average Bonchev–Trinajstić information content (AvgIpc) is 2.64. The lowest BCUT2D eigenvalue weighted by Crippen LogP contribution is -2.30. The highest BCUT2D eigenvalue weighted by Crippen LogP contribution is 2.13. The van der Waals surface area contributed by atoms with Crippen LogP contribution in [0.5, 0.6) is 0 Å². The van der Waals surface area contributed by atoms with Crippen molar-refractivity contribution in [2.45, 2.75) is 52.7 Å². The molecule has 0 amide bonds. The Balaban J connectivity index is 2.26. The zero-order valence-corrected chi connectivity index (χ0v) is 11.2. The van der Waals surface area contributed by atoms with Crippen molar-refractivity contribution in [3.63, 3.8) is 0 Å². The van der Waals surface area contributed by atoms with E-state index >= 15 is 0 Å².